The number of carbonyl (C=O) groups is 1. The SMILES string of the molecule is CC(NC1CCCNC1=O)c1ccccc1OC(F)(F)F. The van der Waals surface area contributed by atoms with Gasteiger partial charge in [-0.1, -0.05) is 18.2 Å². The molecule has 1 fully saturated rings. The summed E-state index contributed by atoms with van der Waals surface area (Å²) in [5, 5.41) is 5.78. The molecule has 1 heterocycles. The molecule has 0 bridgehead atoms. The molecule has 0 spiro atoms. The fourth-order valence-electron chi connectivity index (χ4n) is 2.38. The zero-order valence-corrected chi connectivity index (χ0v) is 11.5. The Balaban J connectivity index is 2.11. The number of hydrogen-bond acceptors (Lipinski definition) is 3. The molecule has 1 amide bonds. The van der Waals surface area contributed by atoms with Crippen molar-refractivity contribution in [1.82, 2.24) is 10.6 Å². The summed E-state index contributed by atoms with van der Waals surface area (Å²) in [5.41, 5.74) is 0.369. The maximum Gasteiger partial charge on any atom is 0.573 e. The number of carbonyl (C=O) groups excluding carboxylic acids is 1. The second-order valence-electron chi connectivity index (χ2n) is 4.96. The molecule has 2 atom stereocenters. The lowest BCUT2D eigenvalue weighted by Crippen LogP contribution is -2.48. The van der Waals surface area contributed by atoms with Crippen LogP contribution in [0.3, 0.4) is 0 Å². The number of ether oxygens (including phenoxy) is 1. The Hall–Kier alpha value is -1.76. The van der Waals surface area contributed by atoms with Gasteiger partial charge in [-0.3, -0.25) is 10.1 Å². The molecule has 1 aromatic rings. The van der Waals surface area contributed by atoms with Crippen molar-refractivity contribution in [2.75, 3.05) is 6.54 Å². The van der Waals surface area contributed by atoms with Gasteiger partial charge >= 0.3 is 6.36 Å². The summed E-state index contributed by atoms with van der Waals surface area (Å²) in [6.07, 6.45) is -3.23. The number of halogens is 3. The average molecular weight is 302 g/mol. The molecular weight excluding hydrogens is 285 g/mol. The summed E-state index contributed by atoms with van der Waals surface area (Å²) >= 11 is 0. The Bertz CT molecular complexity index is 505. The second kappa shape index (κ2) is 6.34. The molecule has 1 aliphatic rings. The Morgan fingerprint density at radius 2 is 2.10 bits per heavy atom. The van der Waals surface area contributed by atoms with E-state index in [9.17, 15) is 18.0 Å². The molecular formula is C14H17F3N2O2. The molecule has 0 aromatic heterocycles. The first-order valence-corrected chi connectivity index (χ1v) is 6.75. The zero-order valence-electron chi connectivity index (χ0n) is 11.5. The van der Waals surface area contributed by atoms with Crippen LogP contribution in [0, 0.1) is 0 Å². The molecule has 0 saturated carbocycles. The topological polar surface area (TPSA) is 50.4 Å². The van der Waals surface area contributed by atoms with Gasteiger partial charge < -0.3 is 10.1 Å². The summed E-state index contributed by atoms with van der Waals surface area (Å²) < 4.78 is 41.2. The van der Waals surface area contributed by atoms with Crippen LogP contribution in [0.15, 0.2) is 24.3 Å². The van der Waals surface area contributed by atoms with Crippen LogP contribution >= 0.6 is 0 Å². The van der Waals surface area contributed by atoms with Crippen LogP contribution in [-0.4, -0.2) is 24.9 Å². The van der Waals surface area contributed by atoms with Crippen LogP contribution < -0.4 is 15.4 Å². The van der Waals surface area contributed by atoms with Crippen LogP contribution in [0.5, 0.6) is 5.75 Å². The third-order valence-electron chi connectivity index (χ3n) is 3.35. The number of benzene rings is 1. The van der Waals surface area contributed by atoms with E-state index in [0.29, 0.717) is 18.5 Å². The molecule has 2 rings (SSSR count). The highest BCUT2D eigenvalue weighted by atomic mass is 19.4. The van der Waals surface area contributed by atoms with Gasteiger partial charge in [0.15, 0.2) is 0 Å². The van der Waals surface area contributed by atoms with E-state index in [1.807, 2.05) is 0 Å². The smallest absolute Gasteiger partial charge is 0.405 e. The van der Waals surface area contributed by atoms with E-state index >= 15 is 0 Å². The minimum Gasteiger partial charge on any atom is -0.405 e. The van der Waals surface area contributed by atoms with Crippen LogP contribution in [0.25, 0.3) is 0 Å². The molecule has 21 heavy (non-hydrogen) atoms. The van der Waals surface area contributed by atoms with Crippen molar-refractivity contribution in [1.29, 1.82) is 0 Å². The van der Waals surface area contributed by atoms with E-state index < -0.39 is 18.4 Å². The van der Waals surface area contributed by atoms with Crippen molar-refractivity contribution >= 4 is 5.91 Å². The van der Waals surface area contributed by atoms with Crippen LogP contribution in [-0.2, 0) is 4.79 Å². The fraction of sp³-hybridized carbons (Fsp3) is 0.500. The van der Waals surface area contributed by atoms with E-state index in [-0.39, 0.29) is 11.7 Å². The molecule has 2 N–H and O–H groups in total. The summed E-state index contributed by atoms with van der Waals surface area (Å²) in [5.74, 6) is -0.372. The number of nitrogens with one attached hydrogen (secondary N) is 2. The highest BCUT2D eigenvalue weighted by Gasteiger charge is 2.33. The van der Waals surface area contributed by atoms with Gasteiger partial charge in [0.25, 0.3) is 0 Å². The number of rotatable bonds is 4. The van der Waals surface area contributed by atoms with Crippen molar-refractivity contribution in [3.63, 3.8) is 0 Å². The third-order valence-corrected chi connectivity index (χ3v) is 3.35. The summed E-state index contributed by atoms with van der Waals surface area (Å²) in [6.45, 7) is 2.35. The number of piperidine rings is 1. The van der Waals surface area contributed by atoms with Crippen LogP contribution in [0.4, 0.5) is 13.2 Å². The quantitative estimate of drug-likeness (QED) is 0.898. The molecule has 7 heteroatoms. The Morgan fingerprint density at radius 3 is 2.76 bits per heavy atom. The van der Waals surface area contributed by atoms with Gasteiger partial charge in [0.1, 0.15) is 5.75 Å². The highest BCUT2D eigenvalue weighted by Crippen LogP contribution is 2.30. The van der Waals surface area contributed by atoms with Crippen molar-refractivity contribution in [2.24, 2.45) is 0 Å². The van der Waals surface area contributed by atoms with Crippen molar-refractivity contribution < 1.29 is 22.7 Å². The van der Waals surface area contributed by atoms with Crippen molar-refractivity contribution in [2.45, 2.75) is 38.2 Å². The first-order chi connectivity index (χ1) is 9.87. The summed E-state index contributed by atoms with van der Waals surface area (Å²) in [4.78, 5) is 11.7. The maximum absolute atomic E-state index is 12.4. The Kier molecular flexibility index (Phi) is 4.72. The normalized spacial score (nSPS) is 20.8. The molecule has 0 aliphatic carbocycles. The first-order valence-electron chi connectivity index (χ1n) is 6.75. The lowest BCUT2D eigenvalue weighted by Gasteiger charge is -2.27. The average Bonchev–Trinajstić information content (AvgIpc) is 2.40. The van der Waals surface area contributed by atoms with E-state index in [1.54, 1.807) is 19.1 Å². The predicted octanol–water partition coefficient (Wildman–Crippen LogP) is 2.51. The van der Waals surface area contributed by atoms with Gasteiger partial charge in [-0.2, -0.15) is 0 Å². The monoisotopic (exact) mass is 302 g/mol. The molecule has 4 nitrogen and oxygen atoms in total. The fourth-order valence-corrected chi connectivity index (χ4v) is 2.38. The number of amides is 1. The van der Waals surface area contributed by atoms with E-state index in [0.717, 1.165) is 6.42 Å². The van der Waals surface area contributed by atoms with Gasteiger partial charge in [0.05, 0.1) is 6.04 Å². The number of hydrogen-bond donors (Lipinski definition) is 2. The van der Waals surface area contributed by atoms with Crippen molar-refractivity contribution in [3.8, 4) is 5.75 Å². The second-order valence-corrected chi connectivity index (χ2v) is 4.96. The van der Waals surface area contributed by atoms with E-state index in [2.05, 4.69) is 15.4 Å². The highest BCUT2D eigenvalue weighted by molar-refractivity contribution is 5.82. The lowest BCUT2D eigenvalue weighted by molar-refractivity contribution is -0.275. The first kappa shape index (κ1) is 15.6. The van der Waals surface area contributed by atoms with Gasteiger partial charge in [-0.05, 0) is 25.8 Å². The number of alkyl halides is 3. The zero-order chi connectivity index (χ0) is 15.5. The maximum atomic E-state index is 12.4. The molecule has 0 radical (unpaired) electrons. The van der Waals surface area contributed by atoms with Gasteiger partial charge in [-0.25, -0.2) is 0 Å². The standard InChI is InChI=1S/C14H17F3N2O2/c1-9(19-11-6-4-8-18-13(11)20)10-5-2-3-7-12(10)21-14(15,16)17/h2-3,5,7,9,11,19H,4,6,8H2,1H3,(H,18,20). The Labute approximate surface area is 120 Å². The number of para-hydroxylation sites is 1. The summed E-state index contributed by atoms with van der Waals surface area (Å²) in [6, 6.07) is 5.11. The van der Waals surface area contributed by atoms with Gasteiger partial charge in [0.2, 0.25) is 5.91 Å². The molecule has 1 aromatic carbocycles. The minimum absolute atomic E-state index is 0.123. The molecule has 116 valence electrons. The molecule has 1 aliphatic heterocycles. The van der Waals surface area contributed by atoms with E-state index in [4.69, 9.17) is 0 Å². The third kappa shape index (κ3) is 4.35. The molecule has 1 saturated heterocycles. The summed E-state index contributed by atoms with van der Waals surface area (Å²) in [7, 11) is 0. The van der Waals surface area contributed by atoms with Gasteiger partial charge in [-0.15, -0.1) is 13.2 Å². The van der Waals surface area contributed by atoms with Crippen LogP contribution in [0.2, 0.25) is 0 Å². The Morgan fingerprint density at radius 1 is 1.38 bits per heavy atom. The lowest BCUT2D eigenvalue weighted by atomic mass is 10.0. The predicted molar refractivity (Wildman–Crippen MR) is 70.7 cm³/mol. The largest absolute Gasteiger partial charge is 0.573 e. The van der Waals surface area contributed by atoms with Gasteiger partial charge in [0, 0.05) is 18.2 Å². The van der Waals surface area contributed by atoms with E-state index in [1.165, 1.54) is 12.1 Å². The molecule has 2 unspecified atom stereocenters. The van der Waals surface area contributed by atoms with Crippen LogP contribution in [0.1, 0.15) is 31.4 Å². The van der Waals surface area contributed by atoms with Crippen molar-refractivity contribution in [3.05, 3.63) is 29.8 Å². The minimum atomic E-state index is -4.74.